The van der Waals surface area contributed by atoms with Crippen molar-refractivity contribution >= 4 is 11.9 Å². The first-order chi connectivity index (χ1) is 10.1. The van der Waals surface area contributed by atoms with Crippen molar-refractivity contribution in [2.45, 2.75) is 18.9 Å². The summed E-state index contributed by atoms with van der Waals surface area (Å²) in [5, 5.41) is 9.08. The molecule has 6 nitrogen and oxygen atoms in total. The van der Waals surface area contributed by atoms with Crippen LogP contribution in [0.4, 0.5) is 0 Å². The van der Waals surface area contributed by atoms with Crippen molar-refractivity contribution in [2.75, 3.05) is 19.7 Å². The van der Waals surface area contributed by atoms with E-state index in [1.165, 1.54) is 0 Å². The number of rotatable bonds is 2. The predicted octanol–water partition coefficient (Wildman–Crippen LogP) is 1.15. The Morgan fingerprint density at radius 1 is 1.24 bits per heavy atom. The zero-order chi connectivity index (χ0) is 14.8. The van der Waals surface area contributed by atoms with Gasteiger partial charge in [0, 0.05) is 13.1 Å². The molecule has 112 valence electrons. The van der Waals surface area contributed by atoms with Crippen LogP contribution >= 0.6 is 0 Å². The van der Waals surface area contributed by atoms with Crippen molar-refractivity contribution in [2.24, 2.45) is 5.92 Å². The number of carboxylic acid groups (broad SMARTS) is 1. The number of para-hydroxylation sites is 2. The van der Waals surface area contributed by atoms with Gasteiger partial charge >= 0.3 is 5.97 Å². The largest absolute Gasteiger partial charge is 0.485 e. The van der Waals surface area contributed by atoms with Crippen molar-refractivity contribution in [1.29, 1.82) is 0 Å². The van der Waals surface area contributed by atoms with Crippen LogP contribution in [0.15, 0.2) is 24.3 Å². The van der Waals surface area contributed by atoms with Crippen molar-refractivity contribution in [3.05, 3.63) is 24.3 Å². The van der Waals surface area contributed by atoms with E-state index in [1.807, 2.05) is 12.1 Å². The van der Waals surface area contributed by atoms with E-state index in [-0.39, 0.29) is 19.1 Å². The monoisotopic (exact) mass is 291 g/mol. The van der Waals surface area contributed by atoms with E-state index < -0.39 is 18.0 Å². The lowest BCUT2D eigenvalue weighted by Crippen LogP contribution is -2.50. The number of ether oxygens (including phenoxy) is 2. The van der Waals surface area contributed by atoms with Gasteiger partial charge in [0.1, 0.15) is 6.61 Å². The molecule has 1 saturated heterocycles. The Morgan fingerprint density at radius 3 is 2.76 bits per heavy atom. The van der Waals surface area contributed by atoms with Crippen LogP contribution in [-0.2, 0) is 9.59 Å². The summed E-state index contributed by atoms with van der Waals surface area (Å²) in [6.45, 7) is 0.976. The predicted molar refractivity (Wildman–Crippen MR) is 73.3 cm³/mol. The van der Waals surface area contributed by atoms with Gasteiger partial charge < -0.3 is 19.5 Å². The number of carbonyl (C=O) groups excluding carboxylic acids is 1. The van der Waals surface area contributed by atoms with Crippen molar-refractivity contribution in [1.82, 2.24) is 4.90 Å². The first-order valence-corrected chi connectivity index (χ1v) is 7.05. The third kappa shape index (κ3) is 2.79. The molecule has 2 aliphatic rings. The quantitative estimate of drug-likeness (QED) is 0.884. The van der Waals surface area contributed by atoms with Crippen LogP contribution in [0, 0.1) is 5.92 Å². The van der Waals surface area contributed by atoms with Gasteiger partial charge in [-0.3, -0.25) is 9.59 Å². The molecule has 2 unspecified atom stereocenters. The minimum absolute atomic E-state index is 0.157. The molecule has 0 radical (unpaired) electrons. The van der Waals surface area contributed by atoms with Gasteiger partial charge in [-0.1, -0.05) is 12.1 Å². The van der Waals surface area contributed by atoms with E-state index in [9.17, 15) is 9.59 Å². The van der Waals surface area contributed by atoms with Gasteiger partial charge in [-0.05, 0) is 25.0 Å². The number of nitrogens with zero attached hydrogens (tertiary/aromatic N) is 1. The van der Waals surface area contributed by atoms with Gasteiger partial charge in [-0.25, -0.2) is 0 Å². The normalized spacial score (nSPS) is 24.5. The molecule has 1 aromatic carbocycles. The zero-order valence-corrected chi connectivity index (χ0v) is 11.5. The molecular formula is C15H17NO5. The fourth-order valence-corrected chi connectivity index (χ4v) is 2.72. The molecule has 0 saturated carbocycles. The first kappa shape index (κ1) is 13.7. The van der Waals surface area contributed by atoms with Crippen molar-refractivity contribution < 1.29 is 24.2 Å². The summed E-state index contributed by atoms with van der Waals surface area (Å²) in [6.07, 6.45) is 0.615. The summed E-state index contributed by atoms with van der Waals surface area (Å²) in [6, 6.07) is 7.20. The van der Waals surface area contributed by atoms with Crippen LogP contribution in [0.3, 0.4) is 0 Å². The number of carboxylic acids is 1. The summed E-state index contributed by atoms with van der Waals surface area (Å²) < 4.78 is 11.2. The highest BCUT2D eigenvalue weighted by molar-refractivity contribution is 5.83. The highest BCUT2D eigenvalue weighted by atomic mass is 16.6. The highest BCUT2D eigenvalue weighted by Gasteiger charge is 2.35. The Hall–Kier alpha value is -2.24. The highest BCUT2D eigenvalue weighted by Crippen LogP contribution is 2.31. The fraction of sp³-hybridized carbons (Fsp3) is 0.467. The second-order valence-corrected chi connectivity index (χ2v) is 5.33. The molecule has 3 rings (SSSR count). The number of benzene rings is 1. The molecule has 6 heteroatoms. The molecule has 1 aromatic rings. The van der Waals surface area contributed by atoms with Gasteiger partial charge in [-0.2, -0.15) is 0 Å². The Bertz CT molecular complexity index is 559. The van der Waals surface area contributed by atoms with Crippen LogP contribution in [0.1, 0.15) is 12.8 Å². The van der Waals surface area contributed by atoms with Crippen molar-refractivity contribution in [3.8, 4) is 11.5 Å². The maximum Gasteiger partial charge on any atom is 0.308 e. The van der Waals surface area contributed by atoms with Crippen LogP contribution in [0.2, 0.25) is 0 Å². The molecule has 2 atom stereocenters. The van der Waals surface area contributed by atoms with E-state index in [0.717, 1.165) is 0 Å². The molecule has 0 spiro atoms. The Balaban J connectivity index is 1.67. The summed E-state index contributed by atoms with van der Waals surface area (Å²) in [7, 11) is 0. The van der Waals surface area contributed by atoms with Crippen LogP contribution in [0.25, 0.3) is 0 Å². The summed E-state index contributed by atoms with van der Waals surface area (Å²) in [5.41, 5.74) is 0. The summed E-state index contributed by atoms with van der Waals surface area (Å²) >= 11 is 0. The van der Waals surface area contributed by atoms with E-state index in [0.29, 0.717) is 30.9 Å². The third-order valence-electron chi connectivity index (χ3n) is 3.87. The smallest absolute Gasteiger partial charge is 0.308 e. The molecule has 2 aliphatic heterocycles. The number of aliphatic carboxylic acids is 1. The van der Waals surface area contributed by atoms with Gasteiger partial charge in [0.15, 0.2) is 11.5 Å². The van der Waals surface area contributed by atoms with E-state index in [4.69, 9.17) is 14.6 Å². The minimum atomic E-state index is -0.848. The Kier molecular flexibility index (Phi) is 3.68. The number of amides is 1. The van der Waals surface area contributed by atoms with Gasteiger partial charge in [0.2, 0.25) is 6.10 Å². The fourth-order valence-electron chi connectivity index (χ4n) is 2.72. The number of piperidine rings is 1. The molecule has 0 bridgehead atoms. The molecule has 1 N–H and O–H groups in total. The lowest BCUT2D eigenvalue weighted by molar-refractivity contribution is -0.149. The van der Waals surface area contributed by atoms with Crippen LogP contribution in [-0.4, -0.2) is 47.7 Å². The van der Waals surface area contributed by atoms with Crippen molar-refractivity contribution in [3.63, 3.8) is 0 Å². The average molecular weight is 291 g/mol. The molecule has 0 aromatic heterocycles. The number of hydrogen-bond donors (Lipinski definition) is 1. The van der Waals surface area contributed by atoms with Gasteiger partial charge in [0.25, 0.3) is 5.91 Å². The SMILES string of the molecule is O=C(O)C1CCCN(C(=O)C2COc3ccccc3O2)C1. The second-order valence-electron chi connectivity index (χ2n) is 5.33. The number of likely N-dealkylation sites (tertiary alicyclic amines) is 1. The van der Waals surface area contributed by atoms with Gasteiger partial charge in [-0.15, -0.1) is 0 Å². The van der Waals surface area contributed by atoms with Crippen LogP contribution < -0.4 is 9.47 Å². The number of carbonyl (C=O) groups is 2. The lowest BCUT2D eigenvalue weighted by Gasteiger charge is -2.34. The molecule has 2 heterocycles. The minimum Gasteiger partial charge on any atom is -0.485 e. The van der Waals surface area contributed by atoms with E-state index in [2.05, 4.69) is 0 Å². The van der Waals surface area contributed by atoms with Gasteiger partial charge in [0.05, 0.1) is 5.92 Å². The number of hydrogen-bond acceptors (Lipinski definition) is 4. The number of fused-ring (bicyclic) bond motifs is 1. The molecule has 1 fully saturated rings. The van der Waals surface area contributed by atoms with E-state index >= 15 is 0 Å². The topological polar surface area (TPSA) is 76.1 Å². The van der Waals surface area contributed by atoms with Crippen LogP contribution in [0.5, 0.6) is 11.5 Å². The molecular weight excluding hydrogens is 274 g/mol. The van der Waals surface area contributed by atoms with E-state index in [1.54, 1.807) is 17.0 Å². The second kappa shape index (κ2) is 5.63. The third-order valence-corrected chi connectivity index (χ3v) is 3.87. The zero-order valence-electron chi connectivity index (χ0n) is 11.5. The Labute approximate surface area is 122 Å². The molecule has 0 aliphatic carbocycles. The maximum absolute atomic E-state index is 12.5. The Morgan fingerprint density at radius 2 is 2.00 bits per heavy atom. The lowest BCUT2D eigenvalue weighted by atomic mass is 9.98. The molecule has 21 heavy (non-hydrogen) atoms. The summed E-state index contributed by atoms with van der Waals surface area (Å²) in [5.74, 6) is -0.355. The maximum atomic E-state index is 12.5. The first-order valence-electron chi connectivity index (χ1n) is 7.05. The summed E-state index contributed by atoms with van der Waals surface area (Å²) in [4.78, 5) is 25.1. The standard InChI is InChI=1S/C15H17NO5/c17-14(16-7-3-4-10(8-16)15(18)19)13-9-20-11-5-1-2-6-12(11)21-13/h1-2,5-6,10,13H,3-4,7-9H2,(H,18,19). The molecule has 1 amide bonds. The average Bonchev–Trinajstić information content (AvgIpc) is 2.53.